The van der Waals surface area contributed by atoms with Gasteiger partial charge in [-0.1, -0.05) is 0 Å². The molecular formula is C18H28N2O2S. The van der Waals surface area contributed by atoms with E-state index in [0.717, 1.165) is 45.3 Å². The van der Waals surface area contributed by atoms with Crippen LogP contribution >= 0.6 is 11.3 Å². The van der Waals surface area contributed by atoms with E-state index in [1.807, 2.05) is 11.3 Å². The van der Waals surface area contributed by atoms with E-state index in [0.29, 0.717) is 12.0 Å². The van der Waals surface area contributed by atoms with Crippen LogP contribution in [-0.4, -0.2) is 48.2 Å². The average molecular weight is 337 g/mol. The topological polar surface area (TPSA) is 52.6 Å². The third kappa shape index (κ3) is 4.34. The second kappa shape index (κ2) is 7.77. The monoisotopic (exact) mass is 336 g/mol. The van der Waals surface area contributed by atoms with Gasteiger partial charge in [0.25, 0.3) is 0 Å². The molecule has 0 spiro atoms. The van der Waals surface area contributed by atoms with Gasteiger partial charge in [0.15, 0.2) is 0 Å². The van der Waals surface area contributed by atoms with Crippen LogP contribution in [0.2, 0.25) is 0 Å². The largest absolute Gasteiger partial charge is 0.395 e. The highest BCUT2D eigenvalue weighted by Gasteiger charge is 2.44. The van der Waals surface area contributed by atoms with E-state index in [4.69, 9.17) is 0 Å². The zero-order chi connectivity index (χ0) is 16.2. The third-order valence-electron chi connectivity index (χ3n) is 5.13. The van der Waals surface area contributed by atoms with Crippen LogP contribution in [-0.2, 0) is 4.79 Å². The number of hydrogen-bond donors (Lipinski definition) is 2. The van der Waals surface area contributed by atoms with Crippen molar-refractivity contribution in [3.8, 4) is 0 Å². The molecule has 1 saturated carbocycles. The van der Waals surface area contributed by atoms with E-state index < -0.39 is 0 Å². The molecule has 1 aliphatic heterocycles. The molecule has 2 fully saturated rings. The van der Waals surface area contributed by atoms with Crippen LogP contribution in [0.3, 0.4) is 0 Å². The normalized spacial score (nSPS) is 27.3. The fraction of sp³-hybridized carbons (Fsp3) is 0.722. The molecule has 1 aliphatic carbocycles. The molecule has 5 heteroatoms. The Morgan fingerprint density at radius 1 is 1.43 bits per heavy atom. The Labute approximate surface area is 142 Å². The zero-order valence-electron chi connectivity index (χ0n) is 14.0. The molecule has 23 heavy (non-hydrogen) atoms. The minimum atomic E-state index is 0.199. The summed E-state index contributed by atoms with van der Waals surface area (Å²) in [6, 6.07) is 4.68. The first-order valence-electron chi connectivity index (χ1n) is 8.88. The van der Waals surface area contributed by atoms with Gasteiger partial charge < -0.3 is 10.4 Å². The lowest BCUT2D eigenvalue weighted by molar-refractivity contribution is -0.122. The molecule has 0 aromatic carbocycles. The molecule has 0 bridgehead atoms. The van der Waals surface area contributed by atoms with Gasteiger partial charge >= 0.3 is 0 Å². The maximum Gasteiger partial charge on any atom is 0.223 e. The number of thiophene rings is 1. The predicted molar refractivity (Wildman–Crippen MR) is 93.8 cm³/mol. The molecule has 1 amide bonds. The summed E-state index contributed by atoms with van der Waals surface area (Å²) in [5.74, 6) is 0.893. The van der Waals surface area contributed by atoms with Crippen LogP contribution in [0.1, 0.15) is 47.8 Å². The molecule has 3 atom stereocenters. The first-order chi connectivity index (χ1) is 11.2. The molecule has 3 unspecified atom stereocenters. The van der Waals surface area contributed by atoms with Gasteiger partial charge in [-0.2, -0.15) is 0 Å². The Balaban J connectivity index is 1.29. The summed E-state index contributed by atoms with van der Waals surface area (Å²) in [6.45, 7) is 5.34. The number of nitrogens with one attached hydrogen (secondary N) is 1. The van der Waals surface area contributed by atoms with E-state index in [9.17, 15) is 9.90 Å². The number of carbonyl (C=O) groups excluding carboxylic acids is 1. The van der Waals surface area contributed by atoms with Crippen molar-refractivity contribution in [2.45, 2.75) is 51.0 Å². The third-order valence-corrected chi connectivity index (χ3v) is 6.27. The van der Waals surface area contributed by atoms with Gasteiger partial charge in [-0.05, 0) is 64.3 Å². The summed E-state index contributed by atoms with van der Waals surface area (Å²) >= 11 is 1.82. The fourth-order valence-corrected chi connectivity index (χ4v) is 4.69. The lowest BCUT2D eigenvalue weighted by atomic mass is 10.2. The summed E-state index contributed by atoms with van der Waals surface area (Å²) in [7, 11) is 0. The Kier molecular flexibility index (Phi) is 5.72. The summed E-state index contributed by atoms with van der Waals surface area (Å²) in [5, 5.41) is 12.4. The molecule has 1 aromatic rings. The van der Waals surface area contributed by atoms with Crippen molar-refractivity contribution < 1.29 is 9.90 Å². The number of nitrogens with zero attached hydrogens (tertiary/aromatic N) is 1. The lowest BCUT2D eigenvalue weighted by Crippen LogP contribution is -2.33. The van der Waals surface area contributed by atoms with Crippen molar-refractivity contribution in [3.05, 3.63) is 21.9 Å². The maximum atomic E-state index is 12.2. The van der Waals surface area contributed by atoms with Crippen LogP contribution in [0.5, 0.6) is 0 Å². The number of likely N-dealkylation sites (tertiary alicyclic amines) is 1. The Morgan fingerprint density at radius 2 is 2.30 bits per heavy atom. The highest BCUT2D eigenvalue weighted by atomic mass is 32.1. The molecule has 4 nitrogen and oxygen atoms in total. The number of aliphatic hydroxyl groups is 1. The number of carbonyl (C=O) groups is 1. The number of amides is 1. The summed E-state index contributed by atoms with van der Waals surface area (Å²) < 4.78 is 0. The number of hydrogen-bond acceptors (Lipinski definition) is 4. The van der Waals surface area contributed by atoms with Crippen molar-refractivity contribution in [1.82, 2.24) is 10.2 Å². The first kappa shape index (κ1) is 16.9. The van der Waals surface area contributed by atoms with Crippen LogP contribution < -0.4 is 5.32 Å². The van der Waals surface area contributed by atoms with E-state index in [-0.39, 0.29) is 18.4 Å². The maximum absolute atomic E-state index is 12.2. The fourth-order valence-electron chi connectivity index (χ4n) is 3.63. The van der Waals surface area contributed by atoms with Gasteiger partial charge in [0.1, 0.15) is 0 Å². The highest BCUT2D eigenvalue weighted by Crippen LogP contribution is 2.49. The van der Waals surface area contributed by atoms with Crippen LogP contribution in [0.4, 0.5) is 0 Å². The first-order valence-corrected chi connectivity index (χ1v) is 9.69. The average Bonchev–Trinajstić information content (AvgIpc) is 3.01. The van der Waals surface area contributed by atoms with Gasteiger partial charge in [0.05, 0.1) is 6.61 Å². The number of rotatable bonds is 8. The lowest BCUT2D eigenvalue weighted by Gasteiger charge is -2.22. The molecule has 128 valence electrons. The quantitative estimate of drug-likeness (QED) is 0.717. The molecule has 1 aromatic heterocycles. The van der Waals surface area contributed by atoms with Crippen molar-refractivity contribution in [2.75, 3.05) is 26.2 Å². The summed E-state index contributed by atoms with van der Waals surface area (Å²) in [6.07, 6.45) is 5.45. The Hall–Kier alpha value is -0.910. The molecule has 3 rings (SSSR count). The van der Waals surface area contributed by atoms with Crippen molar-refractivity contribution in [1.29, 1.82) is 0 Å². The molecular weight excluding hydrogens is 308 g/mol. The molecule has 2 N–H and O–H groups in total. The molecule has 2 aliphatic rings. The van der Waals surface area contributed by atoms with Gasteiger partial charge in [-0.25, -0.2) is 0 Å². The molecule has 1 saturated heterocycles. The van der Waals surface area contributed by atoms with Crippen LogP contribution in [0, 0.1) is 12.8 Å². The molecule has 2 heterocycles. The summed E-state index contributed by atoms with van der Waals surface area (Å²) in [5.41, 5.74) is 0. The van der Waals surface area contributed by atoms with Gasteiger partial charge in [-0.15, -0.1) is 11.3 Å². The zero-order valence-corrected chi connectivity index (χ0v) is 14.8. The van der Waals surface area contributed by atoms with Crippen molar-refractivity contribution in [2.24, 2.45) is 5.92 Å². The second-order valence-electron chi connectivity index (χ2n) is 6.91. The number of unbranched alkanes of at least 4 members (excludes halogenated alkanes) is 1. The predicted octanol–water partition coefficient (Wildman–Crippen LogP) is 2.51. The highest BCUT2D eigenvalue weighted by molar-refractivity contribution is 7.12. The molecule has 0 radical (unpaired) electrons. The minimum absolute atomic E-state index is 0.199. The van der Waals surface area contributed by atoms with E-state index in [1.165, 1.54) is 16.2 Å². The SMILES string of the molecule is Cc1ccc(C2CC2C(=O)NCCCCN2CCCC2CO)s1. The minimum Gasteiger partial charge on any atom is -0.395 e. The summed E-state index contributed by atoms with van der Waals surface area (Å²) in [4.78, 5) is 17.2. The Morgan fingerprint density at radius 3 is 3.04 bits per heavy atom. The standard InChI is InChI=1S/C18H28N2O2S/c1-13-6-7-17(23-13)15-11-16(15)18(22)19-8-2-3-9-20-10-4-5-14(20)12-21/h6-7,14-16,21H,2-5,8-12H2,1H3,(H,19,22). The van der Waals surface area contributed by atoms with E-state index in [2.05, 4.69) is 29.3 Å². The second-order valence-corrected chi connectivity index (χ2v) is 8.23. The van der Waals surface area contributed by atoms with E-state index in [1.54, 1.807) is 0 Å². The van der Waals surface area contributed by atoms with Crippen LogP contribution in [0.25, 0.3) is 0 Å². The van der Waals surface area contributed by atoms with Gasteiger partial charge in [0, 0.05) is 34.2 Å². The number of aryl methyl sites for hydroxylation is 1. The van der Waals surface area contributed by atoms with Crippen LogP contribution in [0.15, 0.2) is 12.1 Å². The Bertz CT molecular complexity index is 531. The van der Waals surface area contributed by atoms with Crippen molar-refractivity contribution >= 4 is 17.2 Å². The van der Waals surface area contributed by atoms with E-state index >= 15 is 0 Å². The van der Waals surface area contributed by atoms with Gasteiger partial charge in [-0.3, -0.25) is 9.69 Å². The smallest absolute Gasteiger partial charge is 0.223 e. The van der Waals surface area contributed by atoms with Gasteiger partial charge in [0.2, 0.25) is 5.91 Å². The number of aliphatic hydroxyl groups excluding tert-OH is 1. The van der Waals surface area contributed by atoms with Crippen molar-refractivity contribution in [3.63, 3.8) is 0 Å².